The Morgan fingerprint density at radius 3 is 2.46 bits per heavy atom. The number of carbonyl (C=O) groups is 1. The van der Waals surface area contributed by atoms with E-state index in [2.05, 4.69) is 4.90 Å². The number of anilines is 1. The highest BCUT2D eigenvalue weighted by molar-refractivity contribution is 7.93. The summed E-state index contributed by atoms with van der Waals surface area (Å²) in [6.07, 6.45) is 0.766. The van der Waals surface area contributed by atoms with Crippen LogP contribution in [0.1, 0.15) is 21.5 Å². The average Bonchev–Trinajstić information content (AvgIpc) is 3.03. The zero-order chi connectivity index (χ0) is 18.3. The molecule has 2 aromatic carbocycles. The first-order valence-corrected chi connectivity index (χ1v) is 10.1. The Balaban J connectivity index is 1.39. The standard InChI is InChI=1S/C19H20N2O4S/c22-19(23)16-7-5-14(6-8-16)11-20-12-17(13-20)26(24,25)21-10-9-15-3-1-2-4-18(15)21/h1-8,17H,9-13H2,(H,22,23). The summed E-state index contributed by atoms with van der Waals surface area (Å²) in [6.45, 7) is 2.15. The van der Waals surface area contributed by atoms with Crippen LogP contribution in [0.3, 0.4) is 0 Å². The highest BCUT2D eigenvalue weighted by Gasteiger charge is 2.42. The van der Waals surface area contributed by atoms with Crippen molar-refractivity contribution in [2.45, 2.75) is 18.2 Å². The number of carboxylic acids is 1. The second kappa shape index (κ2) is 6.41. The van der Waals surface area contributed by atoms with Gasteiger partial charge in [0.05, 0.1) is 11.3 Å². The molecule has 1 saturated heterocycles. The number of carboxylic acid groups (broad SMARTS) is 1. The Bertz CT molecular complexity index is 934. The van der Waals surface area contributed by atoms with Gasteiger partial charge in [0.15, 0.2) is 0 Å². The third-order valence-electron chi connectivity index (χ3n) is 5.10. The molecule has 6 nitrogen and oxygen atoms in total. The zero-order valence-corrected chi connectivity index (χ0v) is 15.0. The maximum Gasteiger partial charge on any atom is 0.335 e. The van der Waals surface area contributed by atoms with Crippen molar-refractivity contribution in [3.63, 3.8) is 0 Å². The number of rotatable bonds is 5. The minimum Gasteiger partial charge on any atom is -0.478 e. The van der Waals surface area contributed by atoms with Gasteiger partial charge in [-0.15, -0.1) is 0 Å². The fourth-order valence-corrected chi connectivity index (χ4v) is 5.56. The van der Waals surface area contributed by atoms with Crippen molar-refractivity contribution in [2.75, 3.05) is 23.9 Å². The summed E-state index contributed by atoms with van der Waals surface area (Å²) in [7, 11) is -3.34. The molecule has 136 valence electrons. The van der Waals surface area contributed by atoms with Crippen LogP contribution in [0.2, 0.25) is 0 Å². The molecule has 0 atom stereocenters. The van der Waals surface area contributed by atoms with E-state index in [-0.39, 0.29) is 10.8 Å². The zero-order valence-electron chi connectivity index (χ0n) is 14.2. The first kappa shape index (κ1) is 17.1. The molecule has 0 aromatic heterocycles. The second-order valence-electron chi connectivity index (χ2n) is 6.81. The van der Waals surface area contributed by atoms with E-state index in [0.717, 1.165) is 23.2 Å². The van der Waals surface area contributed by atoms with E-state index in [9.17, 15) is 13.2 Å². The fraction of sp³-hybridized carbons (Fsp3) is 0.316. The number of likely N-dealkylation sites (tertiary alicyclic amines) is 1. The smallest absolute Gasteiger partial charge is 0.335 e. The van der Waals surface area contributed by atoms with Gasteiger partial charge in [0.25, 0.3) is 0 Å². The maximum atomic E-state index is 12.9. The van der Waals surface area contributed by atoms with E-state index in [1.165, 1.54) is 0 Å². The Morgan fingerprint density at radius 1 is 1.08 bits per heavy atom. The molecule has 0 aliphatic carbocycles. The van der Waals surface area contributed by atoms with Crippen LogP contribution in [0.5, 0.6) is 0 Å². The van der Waals surface area contributed by atoms with Gasteiger partial charge < -0.3 is 5.11 Å². The van der Waals surface area contributed by atoms with Crippen molar-refractivity contribution in [1.82, 2.24) is 4.90 Å². The minimum absolute atomic E-state index is 0.255. The Hall–Kier alpha value is -2.38. The molecule has 7 heteroatoms. The van der Waals surface area contributed by atoms with Crippen LogP contribution in [0.15, 0.2) is 48.5 Å². The van der Waals surface area contributed by atoms with E-state index in [0.29, 0.717) is 26.2 Å². The minimum atomic E-state index is -3.34. The van der Waals surface area contributed by atoms with Gasteiger partial charge in [0.1, 0.15) is 5.25 Å². The lowest BCUT2D eigenvalue weighted by molar-refractivity contribution is 0.0697. The van der Waals surface area contributed by atoms with Crippen molar-refractivity contribution < 1.29 is 18.3 Å². The summed E-state index contributed by atoms with van der Waals surface area (Å²) in [5, 5.41) is 8.55. The highest BCUT2D eigenvalue weighted by Crippen LogP contribution is 2.33. The van der Waals surface area contributed by atoms with Crippen molar-refractivity contribution in [3.8, 4) is 0 Å². The predicted molar refractivity (Wildman–Crippen MR) is 98.9 cm³/mol. The lowest BCUT2D eigenvalue weighted by Gasteiger charge is -2.40. The van der Waals surface area contributed by atoms with Crippen LogP contribution in [-0.2, 0) is 23.0 Å². The number of aromatic carboxylic acids is 1. The molecule has 26 heavy (non-hydrogen) atoms. The average molecular weight is 372 g/mol. The number of fused-ring (bicyclic) bond motifs is 1. The lowest BCUT2D eigenvalue weighted by atomic mass is 10.1. The van der Waals surface area contributed by atoms with Crippen molar-refractivity contribution >= 4 is 21.7 Å². The molecule has 2 aliphatic heterocycles. The number of hydrogen-bond donors (Lipinski definition) is 1. The molecule has 2 aromatic rings. The first-order chi connectivity index (χ1) is 12.4. The molecule has 2 aliphatic rings. The van der Waals surface area contributed by atoms with Crippen LogP contribution >= 0.6 is 0 Å². The van der Waals surface area contributed by atoms with Gasteiger partial charge in [-0.25, -0.2) is 13.2 Å². The molecule has 1 N–H and O–H groups in total. The summed E-state index contributed by atoms with van der Waals surface area (Å²) in [5.74, 6) is -0.947. The van der Waals surface area contributed by atoms with Crippen LogP contribution in [-0.4, -0.2) is 49.3 Å². The quantitative estimate of drug-likeness (QED) is 0.868. The Morgan fingerprint density at radius 2 is 1.77 bits per heavy atom. The molecule has 4 rings (SSSR count). The molecule has 1 fully saturated rings. The predicted octanol–water partition coefficient (Wildman–Crippen LogP) is 1.96. The van der Waals surface area contributed by atoms with Crippen molar-refractivity contribution in [1.29, 1.82) is 0 Å². The largest absolute Gasteiger partial charge is 0.478 e. The normalized spacial score (nSPS) is 17.8. The Kier molecular flexibility index (Phi) is 4.20. The topological polar surface area (TPSA) is 77.9 Å². The monoisotopic (exact) mass is 372 g/mol. The lowest BCUT2D eigenvalue weighted by Crippen LogP contribution is -2.57. The van der Waals surface area contributed by atoms with Gasteiger partial charge in [0.2, 0.25) is 10.0 Å². The van der Waals surface area contributed by atoms with Crippen molar-refractivity contribution in [2.24, 2.45) is 0 Å². The van der Waals surface area contributed by atoms with Crippen LogP contribution in [0, 0.1) is 0 Å². The van der Waals surface area contributed by atoms with E-state index in [1.807, 2.05) is 24.3 Å². The summed E-state index contributed by atoms with van der Waals surface area (Å²) in [4.78, 5) is 13.0. The van der Waals surface area contributed by atoms with Crippen LogP contribution < -0.4 is 4.31 Å². The third-order valence-corrected chi connectivity index (χ3v) is 7.24. The highest BCUT2D eigenvalue weighted by atomic mass is 32.2. The van der Waals surface area contributed by atoms with Gasteiger partial charge in [-0.1, -0.05) is 30.3 Å². The summed E-state index contributed by atoms with van der Waals surface area (Å²) >= 11 is 0. The summed E-state index contributed by atoms with van der Waals surface area (Å²) in [6, 6.07) is 14.4. The van der Waals surface area contributed by atoms with Gasteiger partial charge >= 0.3 is 5.97 Å². The molecule has 0 unspecified atom stereocenters. The van der Waals surface area contributed by atoms with Gasteiger partial charge in [-0.2, -0.15) is 0 Å². The molecule has 0 bridgehead atoms. The van der Waals surface area contributed by atoms with Crippen LogP contribution in [0.4, 0.5) is 5.69 Å². The SMILES string of the molecule is O=C(O)c1ccc(CN2CC(S(=O)(=O)N3CCc4ccccc43)C2)cc1. The molecule has 0 radical (unpaired) electrons. The molecule has 0 spiro atoms. The number of para-hydroxylation sites is 1. The van der Waals surface area contributed by atoms with Gasteiger partial charge in [0, 0.05) is 26.2 Å². The molecular formula is C19H20N2O4S. The van der Waals surface area contributed by atoms with Gasteiger partial charge in [-0.3, -0.25) is 9.21 Å². The molecule has 0 amide bonds. The molecular weight excluding hydrogens is 352 g/mol. The molecule has 0 saturated carbocycles. The number of sulfonamides is 1. The first-order valence-electron chi connectivity index (χ1n) is 8.59. The Labute approximate surface area is 152 Å². The summed E-state index contributed by atoms with van der Waals surface area (Å²) in [5.41, 5.74) is 3.14. The van der Waals surface area contributed by atoms with E-state index in [4.69, 9.17) is 5.11 Å². The van der Waals surface area contributed by atoms with Gasteiger partial charge in [-0.05, 0) is 35.7 Å². The second-order valence-corrected chi connectivity index (χ2v) is 8.95. The molecule has 2 heterocycles. The van der Waals surface area contributed by atoms with E-state index < -0.39 is 16.0 Å². The third kappa shape index (κ3) is 2.97. The van der Waals surface area contributed by atoms with Crippen molar-refractivity contribution in [3.05, 3.63) is 65.2 Å². The van der Waals surface area contributed by atoms with Crippen LogP contribution in [0.25, 0.3) is 0 Å². The van der Waals surface area contributed by atoms with E-state index in [1.54, 1.807) is 28.6 Å². The summed E-state index contributed by atoms with van der Waals surface area (Å²) < 4.78 is 27.4. The number of benzene rings is 2. The van der Waals surface area contributed by atoms with E-state index >= 15 is 0 Å². The number of nitrogens with zero attached hydrogens (tertiary/aromatic N) is 2. The number of hydrogen-bond acceptors (Lipinski definition) is 4. The maximum absolute atomic E-state index is 12.9. The fourth-order valence-electron chi connectivity index (χ4n) is 3.60.